The summed E-state index contributed by atoms with van der Waals surface area (Å²) in [6.45, 7) is 1.75. The Morgan fingerprint density at radius 1 is 1.36 bits per heavy atom. The van der Waals surface area contributed by atoms with E-state index in [-0.39, 0.29) is 4.91 Å². The van der Waals surface area contributed by atoms with Crippen LogP contribution in [0.5, 0.6) is 0 Å². The van der Waals surface area contributed by atoms with Crippen molar-refractivity contribution in [2.24, 2.45) is 0 Å². The van der Waals surface area contributed by atoms with Crippen LogP contribution in [0.15, 0.2) is 34.1 Å². The monoisotopic (exact) mass is 170 g/mol. The summed E-state index contributed by atoms with van der Waals surface area (Å²) < 4.78 is 29.4. The van der Waals surface area contributed by atoms with Crippen LogP contribution in [0.2, 0.25) is 0 Å². The second-order valence-corrected chi connectivity index (χ2v) is 3.50. The lowest BCUT2D eigenvalue weighted by Gasteiger charge is -1.94. The Kier molecular flexibility index (Phi) is 1.85. The quantitative estimate of drug-likeness (QED) is 0.472. The first-order chi connectivity index (χ1) is 5.00. The molecule has 11 heavy (non-hydrogen) atoms. The Balaban J connectivity index is 3.36. The predicted molar refractivity (Wildman–Crippen MR) is 40.4 cm³/mol. The highest BCUT2D eigenvalue weighted by molar-refractivity contribution is 7.90. The highest BCUT2D eigenvalue weighted by atomic mass is 32.2. The van der Waals surface area contributed by atoms with Gasteiger partial charge in [0.05, 0.1) is 0 Å². The van der Waals surface area contributed by atoms with E-state index in [2.05, 4.69) is 11.5 Å². The van der Waals surface area contributed by atoms with Crippen LogP contribution < -0.4 is 0 Å². The van der Waals surface area contributed by atoms with Crippen molar-refractivity contribution in [1.29, 1.82) is 0 Å². The van der Waals surface area contributed by atoms with E-state index in [1.807, 2.05) is 0 Å². The summed E-state index contributed by atoms with van der Waals surface area (Å²) in [6.07, 6.45) is 2.82. The lowest BCUT2D eigenvalue weighted by Crippen LogP contribution is -1.98. The van der Waals surface area contributed by atoms with Gasteiger partial charge in [0, 0.05) is 0 Å². The van der Waals surface area contributed by atoms with Crippen LogP contribution in [0.3, 0.4) is 0 Å². The lowest BCUT2D eigenvalue weighted by molar-refractivity contribution is 0.492. The molecule has 1 aliphatic carbocycles. The third-order valence-electron chi connectivity index (χ3n) is 1.15. The topological polar surface area (TPSA) is 54.4 Å². The van der Waals surface area contributed by atoms with Gasteiger partial charge in [-0.05, 0) is 30.4 Å². The van der Waals surface area contributed by atoms with Crippen molar-refractivity contribution in [2.45, 2.75) is 6.92 Å². The third kappa shape index (κ3) is 1.93. The SMILES string of the molecule is CC1=C=C=C(S(=O)(=O)O)C=C1. The standard InChI is InChI=1S/C7H6O3S/c1-6-2-4-7(5-3-6)11(8,9)10/h2,4H,1H3,(H,8,9,10). The van der Waals surface area contributed by atoms with Gasteiger partial charge in [-0.2, -0.15) is 8.42 Å². The fraction of sp³-hybridized carbons (Fsp3) is 0.143. The van der Waals surface area contributed by atoms with Crippen molar-refractivity contribution in [3.05, 3.63) is 34.1 Å². The lowest BCUT2D eigenvalue weighted by atomic mass is 10.2. The van der Waals surface area contributed by atoms with Crippen molar-refractivity contribution in [1.82, 2.24) is 0 Å². The molecule has 1 rings (SSSR count). The molecule has 1 aliphatic rings. The van der Waals surface area contributed by atoms with Crippen LogP contribution >= 0.6 is 0 Å². The fourth-order valence-electron chi connectivity index (χ4n) is 0.595. The molecule has 0 spiro atoms. The molecule has 0 saturated carbocycles. The Morgan fingerprint density at radius 2 is 2.00 bits per heavy atom. The maximum atomic E-state index is 10.4. The molecule has 0 bridgehead atoms. The van der Waals surface area contributed by atoms with E-state index >= 15 is 0 Å². The Labute approximate surface area is 64.8 Å². The van der Waals surface area contributed by atoms with Gasteiger partial charge in [-0.25, -0.2) is 0 Å². The highest BCUT2D eigenvalue weighted by Gasteiger charge is 2.10. The molecule has 3 nitrogen and oxygen atoms in total. The van der Waals surface area contributed by atoms with Gasteiger partial charge in [0.15, 0.2) is 0 Å². The predicted octanol–water partition coefficient (Wildman–Crippen LogP) is 1.03. The van der Waals surface area contributed by atoms with Crippen LogP contribution in [0.4, 0.5) is 0 Å². The van der Waals surface area contributed by atoms with Crippen LogP contribution in [0.1, 0.15) is 6.92 Å². The van der Waals surface area contributed by atoms with Gasteiger partial charge in [-0.1, -0.05) is 5.73 Å². The summed E-state index contributed by atoms with van der Waals surface area (Å²) in [7, 11) is -4.11. The highest BCUT2D eigenvalue weighted by Crippen LogP contribution is 2.08. The fourth-order valence-corrected chi connectivity index (χ4v) is 1.01. The Morgan fingerprint density at radius 3 is 2.36 bits per heavy atom. The molecule has 0 fully saturated rings. The second-order valence-electron chi connectivity index (χ2n) is 2.11. The zero-order chi connectivity index (χ0) is 8.48. The number of hydrogen-bond acceptors (Lipinski definition) is 2. The summed E-state index contributed by atoms with van der Waals surface area (Å²) >= 11 is 0. The minimum Gasteiger partial charge on any atom is -0.281 e. The molecule has 0 amide bonds. The molecule has 0 saturated heterocycles. The molecule has 0 aromatic carbocycles. The summed E-state index contributed by atoms with van der Waals surface area (Å²) in [6, 6.07) is 0. The van der Waals surface area contributed by atoms with Gasteiger partial charge in [-0.15, -0.1) is 0 Å². The van der Waals surface area contributed by atoms with Crippen LogP contribution in [0.25, 0.3) is 0 Å². The second kappa shape index (κ2) is 2.53. The summed E-state index contributed by atoms with van der Waals surface area (Å²) in [5, 5.41) is 0. The molecule has 58 valence electrons. The molecule has 0 heterocycles. The van der Waals surface area contributed by atoms with E-state index < -0.39 is 10.1 Å². The van der Waals surface area contributed by atoms with Crippen LogP contribution in [-0.4, -0.2) is 13.0 Å². The molecule has 0 unspecified atom stereocenters. The first kappa shape index (κ1) is 8.05. The van der Waals surface area contributed by atoms with Gasteiger partial charge in [0.1, 0.15) is 4.91 Å². The van der Waals surface area contributed by atoms with Crippen molar-refractivity contribution in [3.8, 4) is 0 Å². The smallest absolute Gasteiger partial charge is 0.281 e. The normalized spacial score (nSPS) is 16.2. The molecule has 0 atom stereocenters. The largest absolute Gasteiger partial charge is 0.302 e. The molecular formula is C7H6O3S. The summed E-state index contributed by atoms with van der Waals surface area (Å²) in [5.41, 5.74) is 5.63. The zero-order valence-corrected chi connectivity index (χ0v) is 6.64. The van der Waals surface area contributed by atoms with Crippen molar-refractivity contribution in [3.63, 3.8) is 0 Å². The van der Waals surface area contributed by atoms with Crippen molar-refractivity contribution in [2.75, 3.05) is 0 Å². The number of hydrogen-bond donors (Lipinski definition) is 1. The van der Waals surface area contributed by atoms with Gasteiger partial charge in [-0.3, -0.25) is 4.55 Å². The molecule has 4 heteroatoms. The van der Waals surface area contributed by atoms with Gasteiger partial charge in [0.2, 0.25) is 0 Å². The van der Waals surface area contributed by atoms with Gasteiger partial charge >= 0.3 is 10.1 Å². The summed E-state index contributed by atoms with van der Waals surface area (Å²) in [5.74, 6) is 0. The van der Waals surface area contributed by atoms with Crippen molar-refractivity contribution < 1.29 is 13.0 Å². The molecule has 1 N–H and O–H groups in total. The molecule has 0 aromatic heterocycles. The molecule has 0 radical (unpaired) electrons. The van der Waals surface area contributed by atoms with E-state index in [4.69, 9.17) is 4.55 Å². The maximum Gasteiger partial charge on any atom is 0.302 e. The van der Waals surface area contributed by atoms with Crippen LogP contribution in [0, 0.1) is 0 Å². The van der Waals surface area contributed by atoms with E-state index in [0.29, 0.717) is 0 Å². The van der Waals surface area contributed by atoms with Gasteiger partial charge in [0.25, 0.3) is 0 Å². The average molecular weight is 170 g/mol. The first-order valence-corrected chi connectivity index (χ1v) is 4.32. The maximum absolute atomic E-state index is 10.4. The van der Waals surface area contributed by atoms with Crippen molar-refractivity contribution >= 4 is 10.1 Å². The summed E-state index contributed by atoms with van der Waals surface area (Å²) in [4.78, 5) is -0.247. The molecule has 0 aliphatic heterocycles. The minimum atomic E-state index is -4.11. The molecule has 0 aromatic rings. The van der Waals surface area contributed by atoms with E-state index in [1.165, 1.54) is 6.08 Å². The van der Waals surface area contributed by atoms with E-state index in [1.54, 1.807) is 13.0 Å². The van der Waals surface area contributed by atoms with E-state index in [0.717, 1.165) is 5.57 Å². The first-order valence-electron chi connectivity index (χ1n) is 2.88. The Hall–Kier alpha value is -1.05. The number of rotatable bonds is 1. The van der Waals surface area contributed by atoms with E-state index in [9.17, 15) is 8.42 Å². The Bertz CT molecular complexity index is 399. The zero-order valence-electron chi connectivity index (χ0n) is 5.83. The molecular weight excluding hydrogens is 164 g/mol. The van der Waals surface area contributed by atoms with Crippen LogP contribution in [-0.2, 0) is 10.1 Å². The number of allylic oxidation sites excluding steroid dienone is 3. The third-order valence-corrected chi connectivity index (χ3v) is 1.94. The van der Waals surface area contributed by atoms with Gasteiger partial charge < -0.3 is 0 Å². The average Bonchev–Trinajstić information content (AvgIpc) is 1.86. The minimum absolute atomic E-state index is 0.247.